The van der Waals surface area contributed by atoms with E-state index in [1.54, 1.807) is 31.2 Å². The first-order valence-electron chi connectivity index (χ1n) is 7.50. The summed E-state index contributed by atoms with van der Waals surface area (Å²) in [6.07, 6.45) is 3.84. The highest BCUT2D eigenvalue weighted by Crippen LogP contribution is 2.24. The zero-order chi connectivity index (χ0) is 16.5. The molecule has 2 aromatic carbocycles. The Labute approximate surface area is 141 Å². The molecule has 0 aliphatic heterocycles. The maximum Gasteiger partial charge on any atom is 0.330 e. The van der Waals surface area contributed by atoms with Crippen molar-refractivity contribution >= 4 is 23.6 Å². The molecule has 0 aliphatic carbocycles. The molecule has 23 heavy (non-hydrogen) atoms. The number of carbonyl (C=O) groups is 1. The van der Waals surface area contributed by atoms with Gasteiger partial charge in [0.1, 0.15) is 5.75 Å². The van der Waals surface area contributed by atoms with E-state index in [1.165, 1.54) is 11.6 Å². The van der Waals surface area contributed by atoms with Gasteiger partial charge >= 0.3 is 5.97 Å². The van der Waals surface area contributed by atoms with Crippen molar-refractivity contribution in [3.05, 3.63) is 70.8 Å². The topological polar surface area (TPSA) is 35.5 Å². The lowest BCUT2D eigenvalue weighted by Gasteiger charge is -2.10. The second-order valence-corrected chi connectivity index (χ2v) is 5.29. The number of rotatable bonds is 7. The van der Waals surface area contributed by atoms with E-state index < -0.39 is 0 Å². The van der Waals surface area contributed by atoms with Crippen LogP contribution < -0.4 is 4.74 Å². The summed E-state index contributed by atoms with van der Waals surface area (Å²) in [4.78, 5) is 11.4. The summed E-state index contributed by atoms with van der Waals surface area (Å²) in [5.41, 5.74) is 1.96. The highest BCUT2D eigenvalue weighted by molar-refractivity contribution is 6.30. The normalized spacial score (nSPS) is 10.7. The van der Waals surface area contributed by atoms with Crippen LogP contribution in [-0.2, 0) is 16.0 Å². The standard InChI is InChI=1S/C19H19ClO3/c1-2-22-19(21)11-8-16-14-17(20)9-10-18(16)23-13-12-15-6-4-3-5-7-15/h3-11,14H,2,12-13H2,1H3. The fraction of sp³-hybridized carbons (Fsp3) is 0.211. The molecule has 120 valence electrons. The molecule has 0 unspecified atom stereocenters. The fourth-order valence-corrected chi connectivity index (χ4v) is 2.23. The smallest absolute Gasteiger partial charge is 0.330 e. The van der Waals surface area contributed by atoms with Crippen molar-refractivity contribution in [1.82, 2.24) is 0 Å². The average Bonchev–Trinajstić information content (AvgIpc) is 2.56. The second kappa shape index (κ2) is 9.01. The molecule has 0 saturated carbocycles. The van der Waals surface area contributed by atoms with Crippen LogP contribution in [0, 0.1) is 0 Å². The molecule has 0 spiro atoms. The summed E-state index contributed by atoms with van der Waals surface area (Å²) in [5.74, 6) is 0.300. The van der Waals surface area contributed by atoms with E-state index in [0.717, 1.165) is 12.0 Å². The van der Waals surface area contributed by atoms with Gasteiger partial charge in [0.05, 0.1) is 13.2 Å². The number of benzene rings is 2. The number of hydrogen-bond acceptors (Lipinski definition) is 3. The fourth-order valence-electron chi connectivity index (χ4n) is 2.05. The molecule has 0 saturated heterocycles. The van der Waals surface area contributed by atoms with Crippen molar-refractivity contribution in [2.45, 2.75) is 13.3 Å². The summed E-state index contributed by atoms with van der Waals surface area (Å²) in [6, 6.07) is 15.5. The van der Waals surface area contributed by atoms with Gasteiger partial charge in [-0.1, -0.05) is 41.9 Å². The lowest BCUT2D eigenvalue weighted by Crippen LogP contribution is -2.03. The molecular weight excluding hydrogens is 312 g/mol. The lowest BCUT2D eigenvalue weighted by molar-refractivity contribution is -0.137. The van der Waals surface area contributed by atoms with E-state index in [9.17, 15) is 4.79 Å². The SMILES string of the molecule is CCOC(=O)C=Cc1cc(Cl)ccc1OCCc1ccccc1. The highest BCUT2D eigenvalue weighted by Gasteiger charge is 2.04. The van der Waals surface area contributed by atoms with Crippen LogP contribution >= 0.6 is 11.6 Å². The van der Waals surface area contributed by atoms with Crippen molar-refractivity contribution in [1.29, 1.82) is 0 Å². The first kappa shape index (κ1) is 17.1. The molecule has 0 aliphatic rings. The highest BCUT2D eigenvalue weighted by atomic mass is 35.5. The Hall–Kier alpha value is -2.26. The third-order valence-electron chi connectivity index (χ3n) is 3.15. The van der Waals surface area contributed by atoms with E-state index in [-0.39, 0.29) is 5.97 Å². The minimum absolute atomic E-state index is 0.346. The third kappa shape index (κ3) is 5.80. The molecule has 0 heterocycles. The molecule has 2 aromatic rings. The molecule has 0 atom stereocenters. The molecular formula is C19H19ClO3. The molecule has 0 radical (unpaired) electrons. The number of hydrogen-bond donors (Lipinski definition) is 0. The van der Waals surface area contributed by atoms with Gasteiger partial charge in [0.2, 0.25) is 0 Å². The van der Waals surface area contributed by atoms with Crippen LogP contribution in [-0.4, -0.2) is 19.2 Å². The summed E-state index contributed by atoms with van der Waals surface area (Å²) in [7, 11) is 0. The van der Waals surface area contributed by atoms with Crippen LogP contribution in [0.15, 0.2) is 54.6 Å². The maximum atomic E-state index is 11.4. The van der Waals surface area contributed by atoms with Crippen LogP contribution in [0.4, 0.5) is 0 Å². The Bertz CT molecular complexity index is 666. The first-order chi connectivity index (χ1) is 11.2. The zero-order valence-electron chi connectivity index (χ0n) is 13.0. The quantitative estimate of drug-likeness (QED) is 0.552. The van der Waals surface area contributed by atoms with Crippen LogP contribution in [0.1, 0.15) is 18.1 Å². The van der Waals surface area contributed by atoms with Crippen LogP contribution in [0.5, 0.6) is 5.75 Å². The Morgan fingerprint density at radius 3 is 2.70 bits per heavy atom. The molecule has 3 nitrogen and oxygen atoms in total. The van der Waals surface area contributed by atoms with Crippen molar-refractivity contribution < 1.29 is 14.3 Å². The predicted octanol–water partition coefficient (Wildman–Crippen LogP) is 4.54. The Morgan fingerprint density at radius 2 is 1.96 bits per heavy atom. The van der Waals surface area contributed by atoms with Gasteiger partial charge in [-0.25, -0.2) is 4.79 Å². The van der Waals surface area contributed by atoms with E-state index in [2.05, 4.69) is 12.1 Å². The number of ether oxygens (including phenoxy) is 2. The van der Waals surface area contributed by atoms with Gasteiger partial charge in [-0.2, -0.15) is 0 Å². The molecule has 0 bridgehead atoms. The van der Waals surface area contributed by atoms with Crippen molar-refractivity contribution in [3.63, 3.8) is 0 Å². The van der Waals surface area contributed by atoms with Gasteiger partial charge in [0.15, 0.2) is 0 Å². The van der Waals surface area contributed by atoms with Crippen molar-refractivity contribution in [2.75, 3.05) is 13.2 Å². The molecule has 0 N–H and O–H groups in total. The second-order valence-electron chi connectivity index (χ2n) is 4.85. The minimum Gasteiger partial charge on any atom is -0.493 e. The van der Waals surface area contributed by atoms with Crippen LogP contribution in [0.2, 0.25) is 5.02 Å². The first-order valence-corrected chi connectivity index (χ1v) is 7.88. The average molecular weight is 331 g/mol. The summed E-state index contributed by atoms with van der Waals surface area (Å²) in [5, 5.41) is 0.587. The lowest BCUT2D eigenvalue weighted by atomic mass is 10.1. The zero-order valence-corrected chi connectivity index (χ0v) is 13.8. The minimum atomic E-state index is -0.386. The van der Waals surface area contributed by atoms with E-state index in [1.807, 2.05) is 18.2 Å². The number of carbonyl (C=O) groups excluding carboxylic acids is 1. The van der Waals surface area contributed by atoms with E-state index >= 15 is 0 Å². The molecule has 0 aromatic heterocycles. The van der Waals surface area contributed by atoms with Gasteiger partial charge < -0.3 is 9.47 Å². The van der Waals surface area contributed by atoms with Crippen LogP contribution in [0.3, 0.4) is 0 Å². The van der Waals surface area contributed by atoms with E-state index in [4.69, 9.17) is 21.1 Å². The van der Waals surface area contributed by atoms with Gasteiger partial charge in [-0.3, -0.25) is 0 Å². The summed E-state index contributed by atoms with van der Waals surface area (Å²) in [6.45, 7) is 2.66. The van der Waals surface area contributed by atoms with Gasteiger partial charge in [0.25, 0.3) is 0 Å². The van der Waals surface area contributed by atoms with Crippen molar-refractivity contribution in [3.8, 4) is 5.75 Å². The largest absolute Gasteiger partial charge is 0.493 e. The van der Waals surface area contributed by atoms with Crippen LogP contribution in [0.25, 0.3) is 6.08 Å². The van der Waals surface area contributed by atoms with Gasteiger partial charge in [-0.05, 0) is 36.8 Å². The predicted molar refractivity (Wildman–Crippen MR) is 92.8 cm³/mol. The Morgan fingerprint density at radius 1 is 1.17 bits per heavy atom. The molecule has 4 heteroatoms. The molecule has 2 rings (SSSR count). The monoisotopic (exact) mass is 330 g/mol. The van der Waals surface area contributed by atoms with Crippen molar-refractivity contribution in [2.24, 2.45) is 0 Å². The summed E-state index contributed by atoms with van der Waals surface area (Å²) < 4.78 is 10.7. The van der Waals surface area contributed by atoms with Gasteiger partial charge in [-0.15, -0.1) is 0 Å². The third-order valence-corrected chi connectivity index (χ3v) is 3.38. The molecule has 0 fully saturated rings. The maximum absolute atomic E-state index is 11.4. The van der Waals surface area contributed by atoms with E-state index in [0.29, 0.717) is 24.0 Å². The molecule has 0 amide bonds. The Kier molecular flexibility index (Phi) is 6.70. The number of halogens is 1. The summed E-state index contributed by atoms with van der Waals surface area (Å²) >= 11 is 6.02. The number of esters is 1. The van der Waals surface area contributed by atoms with Gasteiger partial charge in [0, 0.05) is 23.1 Å². The Balaban J connectivity index is 2.01.